The predicted octanol–water partition coefficient (Wildman–Crippen LogP) is 2.09. The third-order valence-corrected chi connectivity index (χ3v) is 3.56. The van der Waals surface area contributed by atoms with E-state index in [1.165, 1.54) is 12.5 Å². The Morgan fingerprint density at radius 2 is 2.41 bits per heavy atom. The van der Waals surface area contributed by atoms with Crippen molar-refractivity contribution >= 4 is 10.9 Å². The van der Waals surface area contributed by atoms with E-state index in [1.54, 1.807) is 12.1 Å². The molecular formula is C13H16FN3. The second-order valence-electron chi connectivity index (χ2n) is 4.79. The molecule has 1 aromatic carbocycles. The highest BCUT2D eigenvalue weighted by atomic mass is 19.1. The first-order valence-electron chi connectivity index (χ1n) is 6.07. The lowest BCUT2D eigenvalue weighted by atomic mass is 10.1. The molecule has 0 aliphatic carbocycles. The minimum absolute atomic E-state index is 0.192. The number of hydrogen-bond donors (Lipinski definition) is 1. The molecule has 2 heterocycles. The summed E-state index contributed by atoms with van der Waals surface area (Å²) in [6.07, 6.45) is 1.20. The number of aryl methyl sites for hydroxylation is 1. The summed E-state index contributed by atoms with van der Waals surface area (Å²) >= 11 is 0. The molecule has 1 saturated heterocycles. The lowest BCUT2D eigenvalue weighted by Gasteiger charge is -2.09. The number of nitrogens with one attached hydrogen (secondary N) is 1. The lowest BCUT2D eigenvalue weighted by Crippen LogP contribution is -2.16. The average Bonchev–Trinajstić information content (AvgIpc) is 2.91. The fourth-order valence-corrected chi connectivity index (χ4v) is 2.52. The molecule has 1 aliphatic heterocycles. The number of hydrogen-bond acceptors (Lipinski definition) is 2. The van der Waals surface area contributed by atoms with Gasteiger partial charge in [-0.05, 0) is 50.6 Å². The molecule has 0 bridgehead atoms. The van der Waals surface area contributed by atoms with Crippen LogP contribution in [0.5, 0.6) is 0 Å². The van der Waals surface area contributed by atoms with Gasteiger partial charge in [-0.15, -0.1) is 0 Å². The van der Waals surface area contributed by atoms with E-state index >= 15 is 0 Å². The van der Waals surface area contributed by atoms with E-state index in [0.717, 1.165) is 36.2 Å². The van der Waals surface area contributed by atoms with Crippen molar-refractivity contribution in [1.29, 1.82) is 0 Å². The van der Waals surface area contributed by atoms with Gasteiger partial charge in [0.15, 0.2) is 0 Å². The molecule has 4 heteroatoms. The summed E-state index contributed by atoms with van der Waals surface area (Å²) < 4.78 is 15.2. The molecule has 0 spiro atoms. The van der Waals surface area contributed by atoms with E-state index in [1.807, 2.05) is 11.6 Å². The standard InChI is InChI=1S/C13H16FN3/c1-9-12-6-11(14)2-3-13(12)16-17(9)8-10-4-5-15-7-10/h2-3,6,10,15H,4-5,7-8H2,1H3. The fourth-order valence-electron chi connectivity index (χ4n) is 2.52. The van der Waals surface area contributed by atoms with Gasteiger partial charge in [0.2, 0.25) is 0 Å². The summed E-state index contributed by atoms with van der Waals surface area (Å²) in [6, 6.07) is 4.79. The van der Waals surface area contributed by atoms with Gasteiger partial charge in [0.25, 0.3) is 0 Å². The maximum absolute atomic E-state index is 13.2. The number of fused-ring (bicyclic) bond motifs is 1. The molecule has 0 saturated carbocycles. The van der Waals surface area contributed by atoms with Crippen LogP contribution in [-0.2, 0) is 6.54 Å². The normalized spacial score (nSPS) is 20.2. The van der Waals surface area contributed by atoms with Crippen molar-refractivity contribution in [3.63, 3.8) is 0 Å². The summed E-state index contributed by atoms with van der Waals surface area (Å²) in [5, 5.41) is 8.82. The Balaban J connectivity index is 1.96. The summed E-state index contributed by atoms with van der Waals surface area (Å²) in [6.45, 7) is 5.09. The second-order valence-corrected chi connectivity index (χ2v) is 4.79. The van der Waals surface area contributed by atoms with Crippen LogP contribution in [0.15, 0.2) is 18.2 Å². The Labute approximate surface area is 99.6 Å². The fraction of sp³-hybridized carbons (Fsp3) is 0.462. The van der Waals surface area contributed by atoms with Crippen LogP contribution in [0.1, 0.15) is 12.1 Å². The predicted molar refractivity (Wildman–Crippen MR) is 65.4 cm³/mol. The third kappa shape index (κ3) is 1.93. The van der Waals surface area contributed by atoms with Gasteiger partial charge in [-0.2, -0.15) is 5.10 Å². The molecule has 1 aliphatic rings. The van der Waals surface area contributed by atoms with Crippen LogP contribution in [0.25, 0.3) is 10.9 Å². The van der Waals surface area contributed by atoms with Crippen molar-refractivity contribution in [2.45, 2.75) is 19.9 Å². The first-order chi connectivity index (χ1) is 8.24. The molecule has 1 unspecified atom stereocenters. The number of aromatic nitrogens is 2. The van der Waals surface area contributed by atoms with Crippen molar-refractivity contribution in [1.82, 2.24) is 15.1 Å². The third-order valence-electron chi connectivity index (χ3n) is 3.56. The summed E-state index contributed by atoms with van der Waals surface area (Å²) in [7, 11) is 0. The van der Waals surface area contributed by atoms with Crippen LogP contribution in [0.3, 0.4) is 0 Å². The maximum Gasteiger partial charge on any atom is 0.124 e. The highest BCUT2D eigenvalue weighted by Gasteiger charge is 2.17. The van der Waals surface area contributed by atoms with E-state index in [4.69, 9.17) is 0 Å². The largest absolute Gasteiger partial charge is 0.316 e. The average molecular weight is 233 g/mol. The SMILES string of the molecule is Cc1c2cc(F)ccc2nn1CC1CCNC1. The zero-order valence-corrected chi connectivity index (χ0v) is 9.91. The zero-order valence-electron chi connectivity index (χ0n) is 9.91. The molecule has 90 valence electrons. The van der Waals surface area contributed by atoms with E-state index < -0.39 is 0 Å². The van der Waals surface area contributed by atoms with Gasteiger partial charge in [0.05, 0.1) is 5.52 Å². The molecule has 1 N–H and O–H groups in total. The van der Waals surface area contributed by atoms with E-state index in [9.17, 15) is 4.39 Å². The monoisotopic (exact) mass is 233 g/mol. The minimum Gasteiger partial charge on any atom is -0.316 e. The van der Waals surface area contributed by atoms with Crippen LogP contribution < -0.4 is 5.32 Å². The Hall–Kier alpha value is -1.42. The summed E-state index contributed by atoms with van der Waals surface area (Å²) in [5.74, 6) is 0.454. The molecule has 1 atom stereocenters. The number of halogens is 1. The summed E-state index contributed by atoms with van der Waals surface area (Å²) in [4.78, 5) is 0. The van der Waals surface area contributed by atoms with Gasteiger partial charge in [0, 0.05) is 17.6 Å². The molecule has 2 aromatic rings. The lowest BCUT2D eigenvalue weighted by molar-refractivity contribution is 0.445. The first kappa shape index (κ1) is 10.7. The number of rotatable bonds is 2. The molecule has 0 amide bonds. The Kier molecular flexibility index (Phi) is 2.59. The van der Waals surface area contributed by atoms with Crippen molar-refractivity contribution in [2.24, 2.45) is 5.92 Å². The van der Waals surface area contributed by atoms with E-state index in [-0.39, 0.29) is 5.82 Å². The van der Waals surface area contributed by atoms with E-state index in [0.29, 0.717) is 5.92 Å². The molecule has 1 fully saturated rings. The Bertz CT molecular complexity index is 541. The van der Waals surface area contributed by atoms with Gasteiger partial charge >= 0.3 is 0 Å². The quantitative estimate of drug-likeness (QED) is 0.860. The van der Waals surface area contributed by atoms with Crippen LogP contribution in [0, 0.1) is 18.7 Å². The Morgan fingerprint density at radius 1 is 1.53 bits per heavy atom. The van der Waals surface area contributed by atoms with Crippen LogP contribution in [0.2, 0.25) is 0 Å². The topological polar surface area (TPSA) is 29.9 Å². The maximum atomic E-state index is 13.2. The smallest absolute Gasteiger partial charge is 0.124 e. The molecule has 1 aromatic heterocycles. The highest BCUT2D eigenvalue weighted by molar-refractivity contribution is 5.81. The van der Waals surface area contributed by atoms with Crippen molar-refractivity contribution in [2.75, 3.05) is 13.1 Å². The molecular weight excluding hydrogens is 217 g/mol. The van der Waals surface area contributed by atoms with Crippen molar-refractivity contribution < 1.29 is 4.39 Å². The number of benzene rings is 1. The van der Waals surface area contributed by atoms with Crippen LogP contribution in [-0.4, -0.2) is 22.9 Å². The van der Waals surface area contributed by atoms with Gasteiger partial charge in [-0.3, -0.25) is 4.68 Å². The van der Waals surface area contributed by atoms with Gasteiger partial charge in [-0.25, -0.2) is 4.39 Å². The first-order valence-corrected chi connectivity index (χ1v) is 6.07. The minimum atomic E-state index is -0.192. The molecule has 0 radical (unpaired) electrons. The van der Waals surface area contributed by atoms with Crippen LogP contribution in [0.4, 0.5) is 4.39 Å². The van der Waals surface area contributed by atoms with Crippen molar-refractivity contribution in [3.8, 4) is 0 Å². The Morgan fingerprint density at radius 3 is 3.18 bits per heavy atom. The molecule has 3 nitrogen and oxygen atoms in total. The van der Waals surface area contributed by atoms with Gasteiger partial charge < -0.3 is 5.32 Å². The van der Waals surface area contributed by atoms with Crippen LogP contribution >= 0.6 is 0 Å². The number of nitrogens with zero attached hydrogens (tertiary/aromatic N) is 2. The summed E-state index contributed by atoms with van der Waals surface area (Å²) in [5.41, 5.74) is 1.95. The van der Waals surface area contributed by atoms with Gasteiger partial charge in [0.1, 0.15) is 5.82 Å². The van der Waals surface area contributed by atoms with E-state index in [2.05, 4.69) is 10.4 Å². The zero-order chi connectivity index (χ0) is 11.8. The van der Waals surface area contributed by atoms with Crippen molar-refractivity contribution in [3.05, 3.63) is 29.7 Å². The highest BCUT2D eigenvalue weighted by Crippen LogP contribution is 2.20. The second kappa shape index (κ2) is 4.11. The molecule has 3 rings (SSSR count). The van der Waals surface area contributed by atoms with Gasteiger partial charge in [-0.1, -0.05) is 0 Å². The molecule has 17 heavy (non-hydrogen) atoms.